The van der Waals surface area contributed by atoms with E-state index in [-0.39, 0.29) is 5.54 Å². The van der Waals surface area contributed by atoms with Crippen molar-refractivity contribution in [1.29, 1.82) is 0 Å². The van der Waals surface area contributed by atoms with E-state index in [2.05, 4.69) is 20.9 Å². The predicted octanol–water partition coefficient (Wildman–Crippen LogP) is 2.98. The largest absolute Gasteiger partial charge is 0.338 e. The van der Waals surface area contributed by atoms with Gasteiger partial charge in [-0.2, -0.15) is 0 Å². The second-order valence-electron chi connectivity index (χ2n) is 7.46. The lowest BCUT2D eigenvalue weighted by atomic mass is 9.92. The maximum absolute atomic E-state index is 13.3. The van der Waals surface area contributed by atoms with Gasteiger partial charge in [0, 0.05) is 31.5 Å². The van der Waals surface area contributed by atoms with Crippen LogP contribution in [-0.4, -0.2) is 45.4 Å². The molecule has 1 amide bonds. The number of amides is 1. The van der Waals surface area contributed by atoms with Crippen LogP contribution in [0.15, 0.2) is 24.5 Å². The molecule has 3 fully saturated rings. The van der Waals surface area contributed by atoms with Crippen molar-refractivity contribution < 1.29 is 4.79 Å². The molecule has 0 radical (unpaired) electrons. The van der Waals surface area contributed by atoms with Crippen LogP contribution in [0.1, 0.15) is 56.9 Å². The monoisotopic (exact) mass is 313 g/mol. The van der Waals surface area contributed by atoms with E-state index >= 15 is 0 Å². The summed E-state index contributed by atoms with van der Waals surface area (Å²) in [5, 5.41) is 0. The highest BCUT2D eigenvalue weighted by atomic mass is 16.2. The van der Waals surface area contributed by atoms with Gasteiger partial charge in [-0.25, -0.2) is 0 Å². The number of hydrogen-bond acceptors (Lipinski definition) is 3. The summed E-state index contributed by atoms with van der Waals surface area (Å²) in [5.74, 6) is 0.422. The molecular weight excluding hydrogens is 286 g/mol. The lowest BCUT2D eigenvalue weighted by Crippen LogP contribution is -2.51. The van der Waals surface area contributed by atoms with E-state index in [9.17, 15) is 4.79 Å². The molecule has 1 aliphatic carbocycles. The highest BCUT2D eigenvalue weighted by molar-refractivity contribution is 5.89. The van der Waals surface area contributed by atoms with E-state index in [1.54, 1.807) is 0 Å². The molecule has 2 aliphatic heterocycles. The first-order chi connectivity index (χ1) is 11.3. The molecule has 1 saturated carbocycles. The Morgan fingerprint density at radius 2 is 2.00 bits per heavy atom. The van der Waals surface area contributed by atoms with Gasteiger partial charge in [0.15, 0.2) is 0 Å². The van der Waals surface area contributed by atoms with E-state index in [1.165, 1.54) is 37.7 Å². The summed E-state index contributed by atoms with van der Waals surface area (Å²) < 4.78 is 0. The third-order valence-corrected chi connectivity index (χ3v) is 6.16. The van der Waals surface area contributed by atoms with E-state index in [4.69, 9.17) is 0 Å². The van der Waals surface area contributed by atoms with Crippen molar-refractivity contribution in [3.63, 3.8) is 0 Å². The zero-order valence-corrected chi connectivity index (χ0v) is 13.9. The molecule has 4 nitrogen and oxygen atoms in total. The van der Waals surface area contributed by atoms with Crippen molar-refractivity contribution in [3.8, 4) is 0 Å². The first-order valence-electron chi connectivity index (χ1n) is 9.25. The highest BCUT2D eigenvalue weighted by Gasteiger charge is 2.54. The van der Waals surface area contributed by atoms with Crippen molar-refractivity contribution in [3.05, 3.63) is 30.1 Å². The maximum Gasteiger partial charge on any atom is 0.243 e. The lowest BCUT2D eigenvalue weighted by molar-refractivity contribution is -0.139. The number of hydrogen-bond donors (Lipinski definition) is 0. The summed E-state index contributed by atoms with van der Waals surface area (Å²) in [4.78, 5) is 22.2. The molecule has 23 heavy (non-hydrogen) atoms. The maximum atomic E-state index is 13.3. The quantitative estimate of drug-likeness (QED) is 0.861. The van der Waals surface area contributed by atoms with Crippen LogP contribution >= 0.6 is 0 Å². The zero-order valence-electron chi connectivity index (χ0n) is 13.9. The summed E-state index contributed by atoms with van der Waals surface area (Å²) in [7, 11) is 0. The standard InChI is InChI=1S/C19H27N3O/c23-18-19(10-13-22(18)17-7-2-1-3-8-17)9-5-12-21(19)15-16-6-4-11-20-14-16/h4,6,11,14,17H,1-3,5,7-10,12-13,15H2. The molecule has 0 aromatic carbocycles. The van der Waals surface area contributed by atoms with Gasteiger partial charge in [0.05, 0.1) is 0 Å². The Labute approximate surface area is 138 Å². The molecule has 124 valence electrons. The van der Waals surface area contributed by atoms with Gasteiger partial charge < -0.3 is 4.90 Å². The van der Waals surface area contributed by atoms with Gasteiger partial charge in [-0.15, -0.1) is 0 Å². The Kier molecular flexibility index (Phi) is 4.10. The molecule has 2 saturated heterocycles. The first-order valence-corrected chi connectivity index (χ1v) is 9.25. The average molecular weight is 313 g/mol. The molecule has 3 aliphatic rings. The van der Waals surface area contributed by atoms with Crippen LogP contribution in [0.5, 0.6) is 0 Å². The fourth-order valence-corrected chi connectivity index (χ4v) is 4.92. The molecule has 0 bridgehead atoms. The number of nitrogens with zero attached hydrogens (tertiary/aromatic N) is 3. The number of carbonyl (C=O) groups excluding carboxylic acids is 1. The normalized spacial score (nSPS) is 29.7. The van der Waals surface area contributed by atoms with Crippen molar-refractivity contribution >= 4 is 5.91 Å². The van der Waals surface area contributed by atoms with E-state index in [1.807, 2.05) is 18.5 Å². The molecule has 1 aromatic heterocycles. The molecule has 1 aromatic rings. The smallest absolute Gasteiger partial charge is 0.243 e. The van der Waals surface area contributed by atoms with Gasteiger partial charge in [-0.1, -0.05) is 25.3 Å². The van der Waals surface area contributed by atoms with E-state index < -0.39 is 0 Å². The fraction of sp³-hybridized carbons (Fsp3) is 0.684. The third kappa shape index (κ3) is 2.67. The molecule has 1 spiro atoms. The average Bonchev–Trinajstić information content (AvgIpc) is 3.15. The first kappa shape index (κ1) is 15.1. The summed E-state index contributed by atoms with van der Waals surface area (Å²) in [6, 6.07) is 4.62. The Bertz CT molecular complexity index is 555. The molecule has 1 unspecified atom stereocenters. The van der Waals surface area contributed by atoms with Crippen LogP contribution in [0.3, 0.4) is 0 Å². The number of aromatic nitrogens is 1. The van der Waals surface area contributed by atoms with Crippen molar-refractivity contribution in [1.82, 2.24) is 14.8 Å². The van der Waals surface area contributed by atoms with Gasteiger partial charge in [0.1, 0.15) is 5.54 Å². The molecule has 3 heterocycles. The number of carbonyl (C=O) groups is 1. The molecule has 4 heteroatoms. The van der Waals surface area contributed by atoms with Crippen LogP contribution in [0.4, 0.5) is 0 Å². The molecule has 1 atom stereocenters. The van der Waals surface area contributed by atoms with Crippen molar-refractivity contribution in [2.75, 3.05) is 13.1 Å². The minimum absolute atomic E-state index is 0.215. The Morgan fingerprint density at radius 1 is 1.13 bits per heavy atom. The van der Waals surface area contributed by atoms with Crippen LogP contribution < -0.4 is 0 Å². The van der Waals surface area contributed by atoms with Gasteiger partial charge in [-0.3, -0.25) is 14.7 Å². The second-order valence-corrected chi connectivity index (χ2v) is 7.46. The molecular formula is C19H27N3O. The van der Waals surface area contributed by atoms with Gasteiger partial charge in [0.2, 0.25) is 5.91 Å². The van der Waals surface area contributed by atoms with E-state index in [0.29, 0.717) is 11.9 Å². The van der Waals surface area contributed by atoms with Gasteiger partial charge >= 0.3 is 0 Å². The number of likely N-dealkylation sites (tertiary alicyclic amines) is 2. The van der Waals surface area contributed by atoms with Crippen molar-refractivity contribution in [2.24, 2.45) is 0 Å². The second kappa shape index (κ2) is 6.23. The molecule has 0 N–H and O–H groups in total. The summed E-state index contributed by atoms with van der Waals surface area (Å²) in [5.41, 5.74) is 1.01. The summed E-state index contributed by atoms with van der Waals surface area (Å²) in [6.45, 7) is 2.87. The Morgan fingerprint density at radius 3 is 2.78 bits per heavy atom. The van der Waals surface area contributed by atoms with Crippen LogP contribution in [0, 0.1) is 0 Å². The summed E-state index contributed by atoms with van der Waals surface area (Å²) in [6.07, 6.45) is 13.3. The van der Waals surface area contributed by atoms with Crippen LogP contribution in [-0.2, 0) is 11.3 Å². The predicted molar refractivity (Wildman–Crippen MR) is 89.8 cm³/mol. The SMILES string of the molecule is O=C1N(C2CCCCC2)CCC12CCCN2Cc1cccnc1. The number of rotatable bonds is 3. The van der Waals surface area contributed by atoms with E-state index in [0.717, 1.165) is 38.9 Å². The van der Waals surface area contributed by atoms with Gasteiger partial charge in [-0.05, 0) is 50.3 Å². The van der Waals surface area contributed by atoms with Gasteiger partial charge in [0.25, 0.3) is 0 Å². The fourth-order valence-electron chi connectivity index (χ4n) is 4.92. The summed E-state index contributed by atoms with van der Waals surface area (Å²) >= 11 is 0. The van der Waals surface area contributed by atoms with Crippen LogP contribution in [0.25, 0.3) is 0 Å². The number of pyridine rings is 1. The third-order valence-electron chi connectivity index (χ3n) is 6.16. The highest BCUT2D eigenvalue weighted by Crippen LogP contribution is 2.41. The minimum Gasteiger partial charge on any atom is -0.338 e. The lowest BCUT2D eigenvalue weighted by Gasteiger charge is -2.36. The topological polar surface area (TPSA) is 36.4 Å². The van der Waals surface area contributed by atoms with Crippen molar-refractivity contribution in [2.45, 2.75) is 69.5 Å². The Balaban J connectivity index is 1.51. The van der Waals surface area contributed by atoms with Crippen LogP contribution in [0.2, 0.25) is 0 Å². The molecule has 4 rings (SSSR count). The Hall–Kier alpha value is -1.42. The zero-order chi connectivity index (χ0) is 15.7. The minimum atomic E-state index is -0.215.